The molecule has 1 aliphatic heterocycles. The molecule has 27 heavy (non-hydrogen) atoms. The molecule has 0 radical (unpaired) electrons. The van der Waals surface area contributed by atoms with E-state index >= 15 is 0 Å². The second kappa shape index (κ2) is 7.40. The fourth-order valence-corrected chi connectivity index (χ4v) is 4.13. The van der Waals surface area contributed by atoms with Crippen molar-refractivity contribution in [2.24, 2.45) is 0 Å². The van der Waals surface area contributed by atoms with Crippen LogP contribution in [0.25, 0.3) is 0 Å². The standard InChI is InChI=1S/C21H20N2O3S/c1-15-6-8-16(9-7-15)12-22-14-19(24)23(13-17-4-2-10-26-17)20(21(22)25)18-5-3-11-27-18/h2-11,20H,12-14H2,1H3/t20-/m1/s1. The molecule has 3 aromatic rings. The SMILES string of the molecule is Cc1ccc(CN2CC(=O)N(Cc3ccco3)[C@H](c3cccs3)C2=O)cc1. The van der Waals surface area contributed by atoms with Crippen molar-refractivity contribution >= 4 is 23.2 Å². The Bertz CT molecular complexity index is 917. The highest BCUT2D eigenvalue weighted by Gasteiger charge is 2.41. The van der Waals surface area contributed by atoms with Gasteiger partial charge >= 0.3 is 0 Å². The number of carbonyl (C=O) groups excluding carboxylic acids is 2. The number of carbonyl (C=O) groups is 2. The van der Waals surface area contributed by atoms with E-state index in [2.05, 4.69) is 0 Å². The van der Waals surface area contributed by atoms with Crippen LogP contribution in [0.3, 0.4) is 0 Å². The van der Waals surface area contributed by atoms with Gasteiger partial charge in [-0.3, -0.25) is 9.59 Å². The summed E-state index contributed by atoms with van der Waals surface area (Å²) < 4.78 is 5.40. The van der Waals surface area contributed by atoms with Gasteiger partial charge in [0.05, 0.1) is 12.8 Å². The van der Waals surface area contributed by atoms with Crippen LogP contribution in [-0.2, 0) is 22.7 Å². The molecule has 1 atom stereocenters. The molecule has 6 heteroatoms. The van der Waals surface area contributed by atoms with E-state index in [1.165, 1.54) is 16.9 Å². The molecule has 1 aliphatic rings. The summed E-state index contributed by atoms with van der Waals surface area (Å²) in [5.41, 5.74) is 2.19. The summed E-state index contributed by atoms with van der Waals surface area (Å²) >= 11 is 1.49. The van der Waals surface area contributed by atoms with Crippen molar-refractivity contribution in [3.63, 3.8) is 0 Å². The quantitative estimate of drug-likeness (QED) is 0.677. The van der Waals surface area contributed by atoms with Gasteiger partial charge in [-0.2, -0.15) is 0 Å². The third kappa shape index (κ3) is 3.66. The second-order valence-electron chi connectivity index (χ2n) is 6.70. The van der Waals surface area contributed by atoms with E-state index in [9.17, 15) is 9.59 Å². The lowest BCUT2D eigenvalue weighted by atomic mass is 10.1. The number of aryl methyl sites for hydroxylation is 1. The number of hydrogen-bond donors (Lipinski definition) is 0. The summed E-state index contributed by atoms with van der Waals surface area (Å²) in [6, 6.07) is 14.9. The molecule has 0 spiro atoms. The molecule has 0 bridgehead atoms. The van der Waals surface area contributed by atoms with Crippen molar-refractivity contribution in [2.75, 3.05) is 6.54 Å². The predicted molar refractivity (Wildman–Crippen MR) is 103 cm³/mol. The highest BCUT2D eigenvalue weighted by Crippen LogP contribution is 2.32. The Morgan fingerprint density at radius 1 is 1.07 bits per heavy atom. The van der Waals surface area contributed by atoms with Crippen molar-refractivity contribution in [1.29, 1.82) is 0 Å². The summed E-state index contributed by atoms with van der Waals surface area (Å²) in [4.78, 5) is 30.4. The first-order chi connectivity index (χ1) is 13.1. The zero-order chi connectivity index (χ0) is 18.8. The highest BCUT2D eigenvalue weighted by atomic mass is 32.1. The number of furan rings is 1. The zero-order valence-electron chi connectivity index (χ0n) is 15.0. The molecule has 1 aromatic carbocycles. The molecule has 138 valence electrons. The first kappa shape index (κ1) is 17.5. The number of benzene rings is 1. The molecule has 0 saturated carbocycles. The molecule has 1 saturated heterocycles. The minimum Gasteiger partial charge on any atom is -0.467 e. The number of nitrogens with zero attached hydrogens (tertiary/aromatic N) is 2. The topological polar surface area (TPSA) is 53.8 Å². The number of amides is 2. The van der Waals surface area contributed by atoms with Crippen LogP contribution in [0.5, 0.6) is 0 Å². The largest absolute Gasteiger partial charge is 0.467 e. The van der Waals surface area contributed by atoms with Crippen molar-refractivity contribution < 1.29 is 14.0 Å². The van der Waals surface area contributed by atoms with Crippen LogP contribution in [0.2, 0.25) is 0 Å². The van der Waals surface area contributed by atoms with Crippen LogP contribution in [-0.4, -0.2) is 28.2 Å². The summed E-state index contributed by atoms with van der Waals surface area (Å²) in [5.74, 6) is 0.547. The normalized spacial score (nSPS) is 17.6. The van der Waals surface area contributed by atoms with Crippen molar-refractivity contribution in [1.82, 2.24) is 9.80 Å². The van der Waals surface area contributed by atoms with E-state index in [0.717, 1.165) is 10.4 Å². The first-order valence-corrected chi connectivity index (χ1v) is 9.69. The second-order valence-corrected chi connectivity index (χ2v) is 7.68. The number of rotatable bonds is 5. The van der Waals surface area contributed by atoms with Crippen molar-refractivity contribution in [3.05, 3.63) is 81.9 Å². The third-order valence-electron chi connectivity index (χ3n) is 4.72. The number of hydrogen-bond acceptors (Lipinski definition) is 4. The van der Waals surface area contributed by atoms with Gasteiger partial charge in [-0.25, -0.2) is 0 Å². The maximum atomic E-state index is 13.3. The van der Waals surface area contributed by atoms with E-state index in [1.54, 1.807) is 22.1 Å². The Morgan fingerprint density at radius 2 is 1.89 bits per heavy atom. The molecule has 2 amide bonds. The molecule has 3 heterocycles. The van der Waals surface area contributed by atoms with Crippen molar-refractivity contribution in [2.45, 2.75) is 26.1 Å². The molecule has 0 unspecified atom stereocenters. The molecule has 2 aromatic heterocycles. The lowest BCUT2D eigenvalue weighted by Gasteiger charge is -2.39. The molecule has 5 nitrogen and oxygen atoms in total. The summed E-state index contributed by atoms with van der Waals surface area (Å²) in [5, 5.41) is 1.93. The van der Waals surface area contributed by atoms with Gasteiger partial charge in [0.25, 0.3) is 5.91 Å². The van der Waals surface area contributed by atoms with Gasteiger partial charge in [0.1, 0.15) is 18.3 Å². The van der Waals surface area contributed by atoms with E-state index < -0.39 is 6.04 Å². The van der Waals surface area contributed by atoms with Gasteiger partial charge in [0, 0.05) is 11.4 Å². The highest BCUT2D eigenvalue weighted by molar-refractivity contribution is 7.10. The molecule has 0 aliphatic carbocycles. The Morgan fingerprint density at radius 3 is 2.56 bits per heavy atom. The van der Waals surface area contributed by atoms with Crippen LogP contribution in [0.15, 0.2) is 64.6 Å². The maximum absolute atomic E-state index is 13.3. The van der Waals surface area contributed by atoms with E-state index in [4.69, 9.17) is 4.42 Å². The van der Waals surface area contributed by atoms with E-state index in [0.29, 0.717) is 18.8 Å². The molecule has 0 N–H and O–H groups in total. The summed E-state index contributed by atoms with van der Waals surface area (Å²) in [6.07, 6.45) is 1.58. The lowest BCUT2D eigenvalue weighted by molar-refractivity contribution is -0.157. The molecule has 1 fully saturated rings. The summed E-state index contributed by atoms with van der Waals surface area (Å²) in [7, 11) is 0. The fraction of sp³-hybridized carbons (Fsp3) is 0.238. The van der Waals surface area contributed by atoms with Crippen LogP contribution >= 0.6 is 11.3 Å². The van der Waals surface area contributed by atoms with Gasteiger partial charge in [-0.05, 0) is 36.1 Å². The van der Waals surface area contributed by atoms with Gasteiger partial charge in [-0.15, -0.1) is 11.3 Å². The van der Waals surface area contributed by atoms with E-state index in [1.807, 2.05) is 54.8 Å². The Labute approximate surface area is 161 Å². The molecular formula is C21H20N2O3S. The minimum atomic E-state index is -0.609. The Kier molecular flexibility index (Phi) is 4.81. The van der Waals surface area contributed by atoms with E-state index in [-0.39, 0.29) is 18.4 Å². The first-order valence-electron chi connectivity index (χ1n) is 8.81. The monoisotopic (exact) mass is 380 g/mol. The Balaban J connectivity index is 1.61. The van der Waals surface area contributed by atoms with Gasteiger partial charge in [-0.1, -0.05) is 35.9 Å². The average Bonchev–Trinajstić information content (AvgIpc) is 3.35. The molecular weight excluding hydrogens is 360 g/mol. The predicted octanol–water partition coefficient (Wildman–Crippen LogP) is 3.76. The minimum absolute atomic E-state index is 0.0517. The number of thiophene rings is 1. The summed E-state index contributed by atoms with van der Waals surface area (Å²) in [6.45, 7) is 2.83. The molecule has 4 rings (SSSR count). The number of piperazine rings is 1. The average molecular weight is 380 g/mol. The van der Waals surface area contributed by atoms with Gasteiger partial charge < -0.3 is 14.2 Å². The Hall–Kier alpha value is -2.86. The van der Waals surface area contributed by atoms with Crippen LogP contribution in [0.4, 0.5) is 0 Å². The zero-order valence-corrected chi connectivity index (χ0v) is 15.8. The fourth-order valence-electron chi connectivity index (χ4n) is 3.30. The van der Waals surface area contributed by atoms with Crippen LogP contribution < -0.4 is 0 Å². The van der Waals surface area contributed by atoms with Gasteiger partial charge in [0.15, 0.2) is 0 Å². The van der Waals surface area contributed by atoms with Crippen LogP contribution in [0, 0.1) is 6.92 Å². The smallest absolute Gasteiger partial charge is 0.251 e. The lowest BCUT2D eigenvalue weighted by Crippen LogP contribution is -2.54. The third-order valence-corrected chi connectivity index (χ3v) is 5.64. The van der Waals surface area contributed by atoms with Crippen molar-refractivity contribution in [3.8, 4) is 0 Å². The maximum Gasteiger partial charge on any atom is 0.251 e. The van der Waals surface area contributed by atoms with Gasteiger partial charge in [0.2, 0.25) is 5.91 Å². The van der Waals surface area contributed by atoms with Crippen LogP contribution in [0.1, 0.15) is 27.8 Å².